The Morgan fingerprint density at radius 3 is 2.75 bits per heavy atom. The van der Waals surface area contributed by atoms with Crippen molar-refractivity contribution in [3.63, 3.8) is 0 Å². The largest absolute Gasteiger partial charge is 0.497 e. The molecular formula is C15H19BrN2O2. The minimum absolute atomic E-state index is 0.0513. The number of nitrogens with zero attached hydrogens (tertiary/aromatic N) is 1. The Labute approximate surface area is 127 Å². The van der Waals surface area contributed by atoms with Crippen LogP contribution in [0.2, 0.25) is 0 Å². The Hall–Kier alpha value is -1.33. The predicted molar refractivity (Wildman–Crippen MR) is 82.8 cm³/mol. The molecule has 0 aliphatic carbocycles. The van der Waals surface area contributed by atoms with E-state index in [0.29, 0.717) is 12.4 Å². The van der Waals surface area contributed by atoms with E-state index in [4.69, 9.17) is 9.15 Å². The zero-order valence-electron chi connectivity index (χ0n) is 12.2. The van der Waals surface area contributed by atoms with Gasteiger partial charge in [-0.3, -0.25) is 0 Å². The van der Waals surface area contributed by atoms with Gasteiger partial charge in [0.25, 0.3) is 0 Å². The highest BCUT2D eigenvalue weighted by Gasteiger charge is 2.14. The molecule has 0 aliphatic heterocycles. The molecule has 0 fully saturated rings. The Morgan fingerprint density at radius 1 is 1.35 bits per heavy atom. The van der Waals surface area contributed by atoms with Crippen molar-refractivity contribution < 1.29 is 9.15 Å². The Bertz CT molecular complexity index is 588. The van der Waals surface area contributed by atoms with Crippen LogP contribution in [-0.4, -0.2) is 17.6 Å². The summed E-state index contributed by atoms with van der Waals surface area (Å²) in [6.45, 7) is 7.03. The molecule has 0 atom stereocenters. The van der Waals surface area contributed by atoms with Crippen LogP contribution in [0.1, 0.15) is 26.5 Å². The molecular weight excluding hydrogens is 320 g/mol. The molecule has 0 radical (unpaired) electrons. The smallest absolute Gasteiger partial charge is 0.227 e. The summed E-state index contributed by atoms with van der Waals surface area (Å²) in [4.78, 5) is 4.51. The van der Waals surface area contributed by atoms with E-state index in [1.165, 1.54) is 0 Å². The zero-order chi connectivity index (χ0) is 14.8. The summed E-state index contributed by atoms with van der Waals surface area (Å²) in [5.41, 5.74) is 1.81. The highest BCUT2D eigenvalue weighted by atomic mass is 79.9. The van der Waals surface area contributed by atoms with Crippen molar-refractivity contribution in [3.8, 4) is 17.2 Å². The van der Waals surface area contributed by atoms with Crippen molar-refractivity contribution >= 4 is 15.9 Å². The molecule has 1 aromatic carbocycles. The molecule has 20 heavy (non-hydrogen) atoms. The zero-order valence-corrected chi connectivity index (χ0v) is 13.7. The second-order valence-electron chi connectivity index (χ2n) is 5.59. The number of oxazole rings is 1. The van der Waals surface area contributed by atoms with Gasteiger partial charge < -0.3 is 14.5 Å². The maximum atomic E-state index is 5.56. The second kappa shape index (κ2) is 5.97. The van der Waals surface area contributed by atoms with Crippen LogP contribution in [0.5, 0.6) is 5.75 Å². The molecule has 0 unspecified atom stereocenters. The topological polar surface area (TPSA) is 47.3 Å². The maximum absolute atomic E-state index is 5.56. The van der Waals surface area contributed by atoms with Crippen LogP contribution in [0, 0.1) is 0 Å². The lowest BCUT2D eigenvalue weighted by atomic mass is 10.1. The molecule has 108 valence electrons. The molecule has 0 saturated heterocycles. The van der Waals surface area contributed by atoms with Gasteiger partial charge in [0.05, 0.1) is 18.4 Å². The summed E-state index contributed by atoms with van der Waals surface area (Å²) >= 11 is 3.51. The first kappa shape index (κ1) is 15.1. The van der Waals surface area contributed by atoms with Gasteiger partial charge in [0, 0.05) is 16.6 Å². The minimum Gasteiger partial charge on any atom is -0.497 e. The van der Waals surface area contributed by atoms with Crippen molar-refractivity contribution in [3.05, 3.63) is 34.6 Å². The highest BCUT2D eigenvalue weighted by molar-refractivity contribution is 9.10. The van der Waals surface area contributed by atoms with Crippen LogP contribution in [0.25, 0.3) is 11.5 Å². The van der Waals surface area contributed by atoms with Gasteiger partial charge in [0.2, 0.25) is 5.89 Å². The van der Waals surface area contributed by atoms with Crippen LogP contribution in [-0.2, 0) is 6.54 Å². The number of halogens is 1. The molecule has 4 nitrogen and oxygen atoms in total. The molecule has 0 spiro atoms. The van der Waals surface area contributed by atoms with Crippen LogP contribution in [0.3, 0.4) is 0 Å². The number of ether oxygens (including phenoxy) is 1. The van der Waals surface area contributed by atoms with E-state index in [-0.39, 0.29) is 5.54 Å². The third-order valence-corrected chi connectivity index (χ3v) is 3.45. The van der Waals surface area contributed by atoms with E-state index in [1.54, 1.807) is 13.4 Å². The Balaban J connectivity index is 2.20. The van der Waals surface area contributed by atoms with Crippen molar-refractivity contribution in [2.24, 2.45) is 0 Å². The number of aromatic nitrogens is 1. The van der Waals surface area contributed by atoms with E-state index in [2.05, 4.69) is 47.0 Å². The molecule has 1 aromatic heterocycles. The van der Waals surface area contributed by atoms with Crippen LogP contribution < -0.4 is 10.1 Å². The quantitative estimate of drug-likeness (QED) is 0.915. The van der Waals surface area contributed by atoms with Crippen molar-refractivity contribution in [2.75, 3.05) is 7.11 Å². The average molecular weight is 339 g/mol. The molecule has 2 rings (SSSR count). The fourth-order valence-electron chi connectivity index (χ4n) is 1.66. The lowest BCUT2D eigenvalue weighted by molar-refractivity contribution is 0.414. The summed E-state index contributed by atoms with van der Waals surface area (Å²) < 4.78 is 11.7. The van der Waals surface area contributed by atoms with Gasteiger partial charge in [-0.15, -0.1) is 0 Å². The number of hydrogen-bond donors (Lipinski definition) is 1. The molecule has 0 amide bonds. The van der Waals surface area contributed by atoms with Gasteiger partial charge in [0.1, 0.15) is 12.0 Å². The van der Waals surface area contributed by atoms with Crippen molar-refractivity contribution in [1.29, 1.82) is 0 Å². The van der Waals surface area contributed by atoms with Crippen molar-refractivity contribution in [1.82, 2.24) is 10.3 Å². The number of nitrogens with one attached hydrogen (secondary N) is 1. The number of methoxy groups -OCH3 is 1. The molecule has 0 bridgehead atoms. The monoisotopic (exact) mass is 338 g/mol. The summed E-state index contributed by atoms with van der Waals surface area (Å²) in [6.07, 6.45) is 1.68. The van der Waals surface area contributed by atoms with E-state index in [0.717, 1.165) is 21.5 Å². The average Bonchev–Trinajstić information content (AvgIpc) is 2.85. The molecule has 1 heterocycles. The Kier molecular flexibility index (Phi) is 4.50. The van der Waals surface area contributed by atoms with Crippen molar-refractivity contribution in [2.45, 2.75) is 32.9 Å². The first-order chi connectivity index (χ1) is 9.39. The molecule has 2 aromatic rings. The normalized spacial score (nSPS) is 11.7. The summed E-state index contributed by atoms with van der Waals surface area (Å²) in [5.74, 6) is 1.36. The van der Waals surface area contributed by atoms with E-state index >= 15 is 0 Å². The SMILES string of the molecule is COc1ccc(Br)c(-c2nc(CNC(C)(C)C)co2)c1. The third-order valence-electron chi connectivity index (χ3n) is 2.76. The maximum Gasteiger partial charge on any atom is 0.227 e. The lowest BCUT2D eigenvalue weighted by Gasteiger charge is -2.19. The van der Waals surface area contributed by atoms with E-state index < -0.39 is 0 Å². The molecule has 0 saturated carbocycles. The van der Waals surface area contributed by atoms with E-state index in [1.807, 2.05) is 18.2 Å². The molecule has 5 heteroatoms. The van der Waals surface area contributed by atoms with Gasteiger partial charge >= 0.3 is 0 Å². The van der Waals surface area contributed by atoms with Gasteiger partial charge in [-0.2, -0.15) is 0 Å². The summed E-state index contributed by atoms with van der Waals surface area (Å²) in [6, 6.07) is 5.71. The van der Waals surface area contributed by atoms with Gasteiger partial charge in [-0.1, -0.05) is 0 Å². The number of rotatable bonds is 4. The minimum atomic E-state index is 0.0513. The van der Waals surface area contributed by atoms with Crippen LogP contribution in [0.15, 0.2) is 33.4 Å². The van der Waals surface area contributed by atoms with Gasteiger partial charge in [-0.25, -0.2) is 4.98 Å². The second-order valence-corrected chi connectivity index (χ2v) is 6.45. The summed E-state index contributed by atoms with van der Waals surface area (Å²) in [5, 5.41) is 3.38. The fraction of sp³-hybridized carbons (Fsp3) is 0.400. The molecule has 0 aliphatic rings. The fourth-order valence-corrected chi connectivity index (χ4v) is 2.08. The predicted octanol–water partition coefficient (Wildman–Crippen LogP) is 4.00. The first-order valence-corrected chi connectivity index (χ1v) is 7.22. The summed E-state index contributed by atoms with van der Waals surface area (Å²) in [7, 11) is 1.64. The standard InChI is InChI=1S/C15H19BrN2O2/c1-15(2,3)17-8-10-9-20-14(18-10)12-7-11(19-4)5-6-13(12)16/h5-7,9,17H,8H2,1-4H3. The first-order valence-electron chi connectivity index (χ1n) is 6.42. The highest BCUT2D eigenvalue weighted by Crippen LogP contribution is 2.31. The van der Waals surface area contributed by atoms with E-state index in [9.17, 15) is 0 Å². The van der Waals surface area contributed by atoms with Gasteiger partial charge in [-0.05, 0) is 54.9 Å². The van der Waals surface area contributed by atoms with Gasteiger partial charge in [0.15, 0.2) is 0 Å². The third kappa shape index (κ3) is 3.84. The lowest BCUT2D eigenvalue weighted by Crippen LogP contribution is -2.35. The number of hydrogen-bond acceptors (Lipinski definition) is 4. The number of benzene rings is 1. The van der Waals surface area contributed by atoms with Crippen LogP contribution >= 0.6 is 15.9 Å². The van der Waals surface area contributed by atoms with Crippen LogP contribution in [0.4, 0.5) is 0 Å². The Morgan fingerprint density at radius 2 is 2.10 bits per heavy atom. The molecule has 1 N–H and O–H groups in total.